The fourth-order valence-electron chi connectivity index (χ4n) is 3.87. The zero-order chi connectivity index (χ0) is 32.6. The summed E-state index contributed by atoms with van der Waals surface area (Å²) in [6.07, 6.45) is -0.207. The van der Waals surface area contributed by atoms with Crippen molar-refractivity contribution in [2.24, 2.45) is 0 Å². The second-order valence-corrected chi connectivity index (χ2v) is 10.6. The van der Waals surface area contributed by atoms with Crippen LogP contribution < -0.4 is 16.0 Å². The van der Waals surface area contributed by atoms with Crippen LogP contribution in [0.5, 0.6) is 0 Å². The number of carboxylic acids is 2. The highest BCUT2D eigenvalue weighted by atomic mass is 35.5. The number of carboxylic acid groups (broad SMARTS) is 2. The Bertz CT molecular complexity index is 1510. The molecule has 0 bridgehead atoms. The highest BCUT2D eigenvalue weighted by molar-refractivity contribution is 6.39. The molecule has 44 heavy (non-hydrogen) atoms. The predicted octanol–water partition coefficient (Wildman–Crippen LogP) is 9.14. The molecule has 0 aliphatic carbocycles. The molecule has 0 saturated heterocycles. The van der Waals surface area contributed by atoms with Gasteiger partial charge in [0.15, 0.2) is 0 Å². The summed E-state index contributed by atoms with van der Waals surface area (Å²) in [7, 11) is 0. The Hall–Kier alpha value is -3.82. The maximum absolute atomic E-state index is 13.7. The fraction of sp³-hybridized carbons (Fsp3) is 0.212. The van der Waals surface area contributed by atoms with E-state index < -0.39 is 17.8 Å². The molecule has 0 radical (unpaired) electrons. The third kappa shape index (κ3) is 12.1. The van der Waals surface area contributed by atoms with Crippen LogP contribution in [0.3, 0.4) is 0 Å². The molecular formula is C33H35Cl3FN3O4. The Kier molecular flexibility index (Phi) is 15.5. The van der Waals surface area contributed by atoms with Gasteiger partial charge >= 0.3 is 11.9 Å². The van der Waals surface area contributed by atoms with Gasteiger partial charge in [-0.1, -0.05) is 96.7 Å². The van der Waals surface area contributed by atoms with Gasteiger partial charge < -0.3 is 26.2 Å². The van der Waals surface area contributed by atoms with Crippen LogP contribution in [0.1, 0.15) is 30.5 Å². The highest BCUT2D eigenvalue weighted by Crippen LogP contribution is 2.34. The number of aryl methyl sites for hydroxylation is 1. The lowest BCUT2D eigenvalue weighted by atomic mass is 10.1. The average molecular weight is 663 g/mol. The lowest BCUT2D eigenvalue weighted by Gasteiger charge is -2.13. The minimum absolute atomic E-state index is 0.0642. The topological polar surface area (TPSA) is 111 Å². The van der Waals surface area contributed by atoms with Gasteiger partial charge in [0.2, 0.25) is 0 Å². The van der Waals surface area contributed by atoms with Gasteiger partial charge in [-0.3, -0.25) is 9.59 Å². The molecular weight excluding hydrogens is 628 g/mol. The summed E-state index contributed by atoms with van der Waals surface area (Å²) in [5.41, 5.74) is 4.12. The van der Waals surface area contributed by atoms with Gasteiger partial charge in [-0.15, -0.1) is 0 Å². The lowest BCUT2D eigenvalue weighted by molar-refractivity contribution is -0.137. The molecule has 4 rings (SSSR count). The van der Waals surface area contributed by atoms with Crippen LogP contribution in [0.2, 0.25) is 15.1 Å². The number of rotatable bonds is 10. The molecule has 0 saturated carbocycles. The molecule has 0 heterocycles. The van der Waals surface area contributed by atoms with Gasteiger partial charge in [-0.25, -0.2) is 4.39 Å². The number of hydrogen-bond donors (Lipinski definition) is 5. The van der Waals surface area contributed by atoms with Crippen LogP contribution in [0, 0.1) is 12.7 Å². The Morgan fingerprint density at radius 2 is 1.18 bits per heavy atom. The summed E-state index contributed by atoms with van der Waals surface area (Å²) in [5.74, 6) is -2.32. The first kappa shape index (κ1) is 36.4. The van der Waals surface area contributed by atoms with E-state index in [9.17, 15) is 14.0 Å². The van der Waals surface area contributed by atoms with Crippen molar-refractivity contribution >= 4 is 69.5 Å². The molecule has 5 N–H and O–H groups in total. The van der Waals surface area contributed by atoms with Crippen molar-refractivity contribution in [1.29, 1.82) is 0 Å². The fourth-order valence-corrected chi connectivity index (χ4v) is 4.57. The van der Waals surface area contributed by atoms with E-state index in [0.29, 0.717) is 38.2 Å². The Balaban J connectivity index is 0.000000267. The van der Waals surface area contributed by atoms with E-state index >= 15 is 0 Å². The molecule has 0 aliphatic rings. The van der Waals surface area contributed by atoms with Gasteiger partial charge in [0.25, 0.3) is 0 Å². The van der Waals surface area contributed by atoms with Gasteiger partial charge in [0, 0.05) is 11.4 Å². The van der Waals surface area contributed by atoms with Crippen LogP contribution >= 0.6 is 34.8 Å². The maximum Gasteiger partial charge on any atom is 0.307 e. The molecule has 0 fully saturated rings. The first-order valence-electron chi connectivity index (χ1n) is 13.7. The average Bonchev–Trinajstić information content (AvgIpc) is 2.95. The number of nitrogens with one attached hydrogen (secondary N) is 3. The zero-order valence-corrected chi connectivity index (χ0v) is 26.8. The standard InChI is InChI=1S/C15H13ClFNO2.C14H11Cl2NO2.C4H11N/c1-9-5-6-13(10(7-9)8-14(19)20)18-15-11(16)3-2-4-12(15)17;15-10-5-3-6-11(16)14(10)17-12-7-2-1-4-9(12)8-13(18)19;1-3-5-4-2/h2-7,18H,8H2,1H3,(H,19,20);1-7,17H,8H2,(H,18,19);5H,3-4H2,1-2H3. The van der Waals surface area contributed by atoms with Crippen LogP contribution in [0.15, 0.2) is 78.9 Å². The van der Waals surface area contributed by atoms with E-state index in [0.717, 1.165) is 18.7 Å². The number of aliphatic carboxylic acids is 2. The molecule has 7 nitrogen and oxygen atoms in total. The second-order valence-electron chi connectivity index (χ2n) is 9.36. The number of carbonyl (C=O) groups is 2. The van der Waals surface area contributed by atoms with E-state index in [1.165, 1.54) is 12.1 Å². The minimum atomic E-state index is -0.946. The maximum atomic E-state index is 13.7. The predicted molar refractivity (Wildman–Crippen MR) is 179 cm³/mol. The second kappa shape index (κ2) is 18.8. The molecule has 234 valence electrons. The third-order valence-corrected chi connectivity index (χ3v) is 6.85. The quantitative estimate of drug-likeness (QED) is 0.115. The smallest absolute Gasteiger partial charge is 0.307 e. The third-order valence-electron chi connectivity index (χ3n) is 5.91. The van der Waals surface area contributed by atoms with Crippen molar-refractivity contribution in [3.05, 3.63) is 116 Å². The summed E-state index contributed by atoms with van der Waals surface area (Å²) in [6.45, 7) is 8.26. The summed E-state index contributed by atoms with van der Waals surface area (Å²) < 4.78 is 13.7. The Labute approximate surface area is 272 Å². The van der Waals surface area contributed by atoms with Gasteiger partial charge in [0.1, 0.15) is 5.82 Å². The van der Waals surface area contributed by atoms with Crippen molar-refractivity contribution in [2.45, 2.75) is 33.6 Å². The molecule has 0 aromatic heterocycles. The van der Waals surface area contributed by atoms with Gasteiger partial charge in [0.05, 0.1) is 39.3 Å². The van der Waals surface area contributed by atoms with Crippen LogP contribution in [-0.2, 0) is 22.4 Å². The Morgan fingerprint density at radius 3 is 1.73 bits per heavy atom. The van der Waals surface area contributed by atoms with Gasteiger partial charge in [-0.05, 0) is 67.5 Å². The van der Waals surface area contributed by atoms with Gasteiger partial charge in [-0.2, -0.15) is 0 Å². The van der Waals surface area contributed by atoms with E-state index in [4.69, 9.17) is 45.0 Å². The normalized spacial score (nSPS) is 10.1. The van der Waals surface area contributed by atoms with E-state index in [1.807, 2.05) is 19.1 Å². The first-order valence-corrected chi connectivity index (χ1v) is 14.8. The summed E-state index contributed by atoms with van der Waals surface area (Å²) in [4.78, 5) is 21.7. The summed E-state index contributed by atoms with van der Waals surface area (Å²) >= 11 is 18.1. The number of anilines is 4. The van der Waals surface area contributed by atoms with Crippen molar-refractivity contribution in [1.82, 2.24) is 5.32 Å². The summed E-state index contributed by atoms with van der Waals surface area (Å²) in [5, 5.41) is 28.1. The first-order chi connectivity index (χ1) is 21.0. The minimum Gasteiger partial charge on any atom is -0.481 e. The molecule has 0 unspecified atom stereocenters. The molecule has 0 amide bonds. The van der Waals surface area contributed by atoms with Crippen molar-refractivity contribution in [3.63, 3.8) is 0 Å². The van der Waals surface area contributed by atoms with Crippen LogP contribution in [0.25, 0.3) is 0 Å². The lowest BCUT2D eigenvalue weighted by Crippen LogP contribution is -2.09. The number of hydrogen-bond acceptors (Lipinski definition) is 5. The zero-order valence-electron chi connectivity index (χ0n) is 24.6. The Morgan fingerprint density at radius 1 is 0.682 bits per heavy atom. The molecule has 0 atom stereocenters. The number of para-hydroxylation sites is 3. The molecule has 4 aromatic carbocycles. The van der Waals surface area contributed by atoms with Crippen molar-refractivity contribution in [2.75, 3.05) is 23.7 Å². The van der Waals surface area contributed by atoms with E-state index in [1.54, 1.807) is 54.6 Å². The van der Waals surface area contributed by atoms with Crippen molar-refractivity contribution < 1.29 is 24.2 Å². The molecule has 11 heteroatoms. The largest absolute Gasteiger partial charge is 0.481 e. The summed E-state index contributed by atoms with van der Waals surface area (Å²) in [6, 6.07) is 22.0. The van der Waals surface area contributed by atoms with E-state index in [-0.39, 0.29) is 23.6 Å². The molecule has 4 aromatic rings. The monoisotopic (exact) mass is 661 g/mol. The SMILES string of the molecule is CCNCC.Cc1ccc(Nc2c(F)cccc2Cl)c(CC(=O)O)c1.O=C(O)Cc1ccccc1Nc1c(Cl)cccc1Cl. The highest BCUT2D eigenvalue weighted by Gasteiger charge is 2.12. The number of halogens is 4. The number of benzene rings is 4. The van der Waals surface area contributed by atoms with E-state index in [2.05, 4.69) is 29.8 Å². The van der Waals surface area contributed by atoms with Crippen LogP contribution in [-0.4, -0.2) is 35.2 Å². The molecule has 0 spiro atoms. The van der Waals surface area contributed by atoms with Crippen molar-refractivity contribution in [3.8, 4) is 0 Å². The van der Waals surface area contributed by atoms with Crippen LogP contribution in [0.4, 0.5) is 27.1 Å². The molecule has 0 aliphatic heterocycles.